The zero-order valence-corrected chi connectivity index (χ0v) is 8.80. The quantitative estimate of drug-likeness (QED) is 0.640. The Bertz CT molecular complexity index is 287. The molecule has 3 heteroatoms. The first kappa shape index (κ1) is 9.69. The van der Waals surface area contributed by atoms with Crippen molar-refractivity contribution >= 4 is 11.7 Å². The van der Waals surface area contributed by atoms with E-state index in [0.29, 0.717) is 6.42 Å². The minimum absolute atomic E-state index is 0.0425. The van der Waals surface area contributed by atoms with E-state index >= 15 is 0 Å². The minimum Gasteiger partial charge on any atom is -0.352 e. The summed E-state index contributed by atoms with van der Waals surface area (Å²) in [4.78, 5) is 23.6. The summed E-state index contributed by atoms with van der Waals surface area (Å²) >= 11 is 0. The number of Topliss-reactive ketones (excluding diaryl/α,β-unsaturated/α-hetero) is 1. The molecule has 0 aromatic heterocycles. The van der Waals surface area contributed by atoms with Crippen LogP contribution < -0.4 is 5.32 Å². The number of hydrogen-bond acceptors (Lipinski definition) is 2. The highest BCUT2D eigenvalue weighted by Gasteiger charge is 2.56. The number of fused-ring (bicyclic) bond motifs is 1. The third-order valence-electron chi connectivity index (χ3n) is 3.95. The van der Waals surface area contributed by atoms with E-state index in [1.54, 1.807) is 0 Å². The summed E-state index contributed by atoms with van der Waals surface area (Å²) in [6.07, 6.45) is 3.47. The van der Waals surface area contributed by atoms with Crippen LogP contribution >= 0.6 is 0 Å². The molecule has 1 saturated heterocycles. The van der Waals surface area contributed by atoms with Gasteiger partial charge in [0.2, 0.25) is 5.91 Å². The van der Waals surface area contributed by atoms with Crippen LogP contribution in [0.2, 0.25) is 0 Å². The molecule has 78 valence electrons. The molecule has 1 aliphatic heterocycles. The molecule has 0 radical (unpaired) electrons. The maximum Gasteiger partial charge on any atom is 0.234 e. The van der Waals surface area contributed by atoms with Crippen LogP contribution in [0.25, 0.3) is 0 Å². The number of rotatable bonds is 1. The van der Waals surface area contributed by atoms with Crippen molar-refractivity contribution in [1.82, 2.24) is 5.32 Å². The average molecular weight is 195 g/mol. The first-order valence-electron chi connectivity index (χ1n) is 5.45. The second-order valence-corrected chi connectivity index (χ2v) is 4.61. The minimum atomic E-state index is -0.709. The summed E-state index contributed by atoms with van der Waals surface area (Å²) in [6, 6.07) is 0.219. The van der Waals surface area contributed by atoms with Crippen molar-refractivity contribution in [2.24, 2.45) is 11.3 Å². The standard InChI is InChI=1S/C11H17NO2/c1-3-8-7-5-4-6-9(13)11(7,2)10(14)12-8/h7-8H,3-6H2,1-2H3,(H,12,14)/t7-,8+,11+/m0/s1. The molecule has 0 spiro atoms. The van der Waals surface area contributed by atoms with Crippen molar-refractivity contribution < 1.29 is 9.59 Å². The normalized spacial score (nSPS) is 42.1. The maximum atomic E-state index is 11.8. The summed E-state index contributed by atoms with van der Waals surface area (Å²) < 4.78 is 0. The molecule has 0 aromatic rings. The Morgan fingerprint density at radius 2 is 2.21 bits per heavy atom. The molecule has 1 saturated carbocycles. The van der Waals surface area contributed by atoms with Crippen LogP contribution in [-0.2, 0) is 9.59 Å². The van der Waals surface area contributed by atoms with Gasteiger partial charge in [0.15, 0.2) is 0 Å². The molecule has 3 atom stereocenters. The number of carbonyl (C=O) groups is 2. The molecular formula is C11H17NO2. The second-order valence-electron chi connectivity index (χ2n) is 4.61. The van der Waals surface area contributed by atoms with Crippen molar-refractivity contribution in [3.63, 3.8) is 0 Å². The number of amides is 1. The first-order chi connectivity index (χ1) is 6.60. The predicted molar refractivity (Wildman–Crippen MR) is 52.7 cm³/mol. The van der Waals surface area contributed by atoms with E-state index in [4.69, 9.17) is 0 Å². The van der Waals surface area contributed by atoms with Crippen LogP contribution in [-0.4, -0.2) is 17.7 Å². The van der Waals surface area contributed by atoms with E-state index in [1.807, 2.05) is 6.92 Å². The van der Waals surface area contributed by atoms with E-state index in [2.05, 4.69) is 12.2 Å². The lowest BCUT2D eigenvalue weighted by Crippen LogP contribution is -2.42. The highest BCUT2D eigenvalue weighted by Crippen LogP contribution is 2.45. The van der Waals surface area contributed by atoms with Gasteiger partial charge in [0.1, 0.15) is 11.2 Å². The maximum absolute atomic E-state index is 11.8. The van der Waals surface area contributed by atoms with E-state index in [1.165, 1.54) is 0 Å². The summed E-state index contributed by atoms with van der Waals surface area (Å²) in [7, 11) is 0. The average Bonchev–Trinajstić information content (AvgIpc) is 2.43. The summed E-state index contributed by atoms with van der Waals surface area (Å²) in [5.74, 6) is 0.336. The van der Waals surface area contributed by atoms with Gasteiger partial charge in [-0.15, -0.1) is 0 Å². The van der Waals surface area contributed by atoms with Crippen molar-refractivity contribution in [1.29, 1.82) is 0 Å². The molecule has 0 bridgehead atoms. The van der Waals surface area contributed by atoms with Crippen LogP contribution in [0.1, 0.15) is 39.5 Å². The molecule has 0 aromatic carbocycles. The van der Waals surface area contributed by atoms with Gasteiger partial charge in [-0.1, -0.05) is 6.92 Å². The molecule has 2 aliphatic rings. The van der Waals surface area contributed by atoms with Gasteiger partial charge >= 0.3 is 0 Å². The molecule has 1 heterocycles. The molecule has 2 fully saturated rings. The van der Waals surface area contributed by atoms with Crippen LogP contribution in [0.3, 0.4) is 0 Å². The monoisotopic (exact) mass is 195 g/mol. The Morgan fingerprint density at radius 1 is 1.50 bits per heavy atom. The summed E-state index contributed by atoms with van der Waals surface area (Å²) in [5, 5.41) is 2.96. The van der Waals surface area contributed by atoms with Gasteiger partial charge in [0.25, 0.3) is 0 Å². The topological polar surface area (TPSA) is 46.2 Å². The Hall–Kier alpha value is -0.860. The number of nitrogens with one attached hydrogen (secondary N) is 1. The fraction of sp³-hybridized carbons (Fsp3) is 0.818. The van der Waals surface area contributed by atoms with Gasteiger partial charge < -0.3 is 5.32 Å². The van der Waals surface area contributed by atoms with Crippen molar-refractivity contribution in [2.75, 3.05) is 0 Å². The molecular weight excluding hydrogens is 178 g/mol. The van der Waals surface area contributed by atoms with Crippen molar-refractivity contribution in [3.8, 4) is 0 Å². The predicted octanol–water partition coefficient (Wildman–Crippen LogP) is 1.27. The van der Waals surface area contributed by atoms with E-state index < -0.39 is 5.41 Å². The molecule has 2 rings (SSSR count). The van der Waals surface area contributed by atoms with Crippen LogP contribution in [0.4, 0.5) is 0 Å². The first-order valence-corrected chi connectivity index (χ1v) is 5.45. The smallest absolute Gasteiger partial charge is 0.234 e. The van der Waals surface area contributed by atoms with Gasteiger partial charge in [-0.05, 0) is 26.2 Å². The van der Waals surface area contributed by atoms with Gasteiger partial charge in [0, 0.05) is 18.4 Å². The van der Waals surface area contributed by atoms with Gasteiger partial charge in [-0.25, -0.2) is 0 Å². The second kappa shape index (κ2) is 3.07. The van der Waals surface area contributed by atoms with Crippen LogP contribution in [0, 0.1) is 11.3 Å². The van der Waals surface area contributed by atoms with Gasteiger partial charge in [0.05, 0.1) is 0 Å². The summed E-state index contributed by atoms with van der Waals surface area (Å²) in [5.41, 5.74) is -0.709. The van der Waals surface area contributed by atoms with Crippen molar-refractivity contribution in [3.05, 3.63) is 0 Å². The Labute approximate surface area is 84.2 Å². The lowest BCUT2D eigenvalue weighted by atomic mass is 9.66. The fourth-order valence-electron chi connectivity index (χ4n) is 2.94. The zero-order chi connectivity index (χ0) is 10.3. The SMILES string of the molecule is CC[C@H]1NC(=O)[C@@]2(C)C(=O)CCC[C@@H]12. The van der Waals surface area contributed by atoms with Gasteiger partial charge in [-0.2, -0.15) is 0 Å². The Kier molecular flexibility index (Phi) is 2.13. The largest absolute Gasteiger partial charge is 0.352 e. The molecule has 3 nitrogen and oxygen atoms in total. The highest BCUT2D eigenvalue weighted by atomic mass is 16.2. The molecule has 1 amide bonds. The third-order valence-corrected chi connectivity index (χ3v) is 3.95. The van der Waals surface area contributed by atoms with E-state index in [0.717, 1.165) is 19.3 Å². The zero-order valence-electron chi connectivity index (χ0n) is 8.80. The lowest BCUT2D eigenvalue weighted by molar-refractivity contribution is -0.142. The van der Waals surface area contributed by atoms with Crippen LogP contribution in [0.15, 0.2) is 0 Å². The lowest BCUT2D eigenvalue weighted by Gasteiger charge is -2.33. The number of hydrogen-bond donors (Lipinski definition) is 1. The Balaban J connectivity index is 2.35. The third kappa shape index (κ3) is 1.04. The van der Waals surface area contributed by atoms with Crippen LogP contribution in [0.5, 0.6) is 0 Å². The Morgan fingerprint density at radius 3 is 2.86 bits per heavy atom. The fourth-order valence-corrected chi connectivity index (χ4v) is 2.94. The number of carbonyl (C=O) groups excluding carboxylic acids is 2. The summed E-state index contributed by atoms with van der Waals surface area (Å²) in [6.45, 7) is 3.89. The van der Waals surface area contributed by atoms with E-state index in [-0.39, 0.29) is 23.7 Å². The number of ketones is 1. The van der Waals surface area contributed by atoms with Crippen molar-refractivity contribution in [2.45, 2.75) is 45.6 Å². The molecule has 1 aliphatic carbocycles. The van der Waals surface area contributed by atoms with E-state index in [9.17, 15) is 9.59 Å². The molecule has 0 unspecified atom stereocenters. The highest BCUT2D eigenvalue weighted by molar-refractivity contribution is 6.08. The molecule has 1 N–H and O–H groups in total. The van der Waals surface area contributed by atoms with Gasteiger partial charge in [-0.3, -0.25) is 9.59 Å². The molecule has 14 heavy (non-hydrogen) atoms.